The molecule has 0 saturated heterocycles. The van der Waals surface area contributed by atoms with E-state index >= 15 is 0 Å². The van der Waals surface area contributed by atoms with Crippen molar-refractivity contribution < 1.29 is 0 Å². The van der Waals surface area contributed by atoms with Crippen molar-refractivity contribution in [3.8, 4) is 11.3 Å². The van der Waals surface area contributed by atoms with Crippen LogP contribution in [-0.4, -0.2) is 24.5 Å². The number of aromatic nitrogens is 5. The molecule has 3 aromatic heterocycles. The number of nitrogens with zero attached hydrogens (tertiary/aromatic N) is 4. The number of aromatic amines is 1. The fraction of sp³-hybridized carbons (Fsp3) is 0.130. The maximum atomic E-state index is 12.8. The maximum Gasteiger partial charge on any atom is 0.329 e. The van der Waals surface area contributed by atoms with Gasteiger partial charge in [0.15, 0.2) is 11.3 Å². The van der Waals surface area contributed by atoms with Crippen molar-refractivity contribution in [3.05, 3.63) is 89.1 Å². The largest absolute Gasteiger partial charge is 0.329 e. The lowest BCUT2D eigenvalue weighted by atomic mass is 10.0. The van der Waals surface area contributed by atoms with Gasteiger partial charge in [0, 0.05) is 17.1 Å². The average molecular weight is 381 g/mol. The highest BCUT2D eigenvalue weighted by atomic mass is 16.1. The van der Waals surface area contributed by atoms with E-state index in [0.717, 1.165) is 28.5 Å². The summed E-state index contributed by atoms with van der Waals surface area (Å²) in [6.45, 7) is 2.07. The summed E-state index contributed by atoms with van der Waals surface area (Å²) >= 11 is 0. The summed E-state index contributed by atoms with van der Waals surface area (Å²) in [6, 6.07) is 19.8. The van der Waals surface area contributed by atoms with Crippen LogP contribution in [0.25, 0.3) is 33.5 Å². The van der Waals surface area contributed by atoms with Gasteiger partial charge < -0.3 is 0 Å². The number of benzene rings is 2. The van der Waals surface area contributed by atoms with Gasteiger partial charge in [0.25, 0.3) is 0 Å². The van der Waals surface area contributed by atoms with E-state index in [1.54, 1.807) is 17.0 Å². The number of H-pyrrole nitrogens is 1. The van der Waals surface area contributed by atoms with Gasteiger partial charge in [-0.05, 0) is 24.1 Å². The third kappa shape index (κ3) is 2.89. The van der Waals surface area contributed by atoms with Crippen molar-refractivity contribution in [1.82, 2.24) is 24.5 Å². The molecule has 1 N–H and O–H groups in total. The van der Waals surface area contributed by atoms with Crippen molar-refractivity contribution in [3.63, 3.8) is 0 Å². The second-order valence-electron chi connectivity index (χ2n) is 6.94. The van der Waals surface area contributed by atoms with Crippen LogP contribution in [0.1, 0.15) is 24.9 Å². The van der Waals surface area contributed by atoms with E-state index in [2.05, 4.69) is 21.9 Å². The normalized spacial score (nSPS) is 12.4. The van der Waals surface area contributed by atoms with E-state index in [0.29, 0.717) is 17.0 Å². The molecule has 0 spiro atoms. The van der Waals surface area contributed by atoms with E-state index < -0.39 is 0 Å². The lowest BCUT2D eigenvalue weighted by Crippen LogP contribution is -2.23. The smallest absolute Gasteiger partial charge is 0.289 e. The first-order chi connectivity index (χ1) is 14.3. The Morgan fingerprint density at radius 1 is 1.00 bits per heavy atom. The molecule has 5 aromatic rings. The Kier molecular flexibility index (Phi) is 4.17. The summed E-state index contributed by atoms with van der Waals surface area (Å²) in [4.78, 5) is 29.4. The summed E-state index contributed by atoms with van der Waals surface area (Å²) in [6.07, 6.45) is 4.24. The number of hydrogen-bond acceptors (Lipinski definition) is 4. The second-order valence-corrected chi connectivity index (χ2v) is 6.94. The minimum atomic E-state index is -0.201. The minimum Gasteiger partial charge on any atom is -0.289 e. The van der Waals surface area contributed by atoms with Crippen molar-refractivity contribution in [2.75, 3.05) is 0 Å². The average Bonchev–Trinajstić information content (AvgIpc) is 3.10. The first kappa shape index (κ1) is 17.3. The predicted octanol–water partition coefficient (Wildman–Crippen LogP) is 4.33. The molecule has 0 unspecified atom stereocenters. The topological polar surface area (TPSA) is 76.5 Å². The highest BCUT2D eigenvalue weighted by Gasteiger charge is 2.20. The van der Waals surface area contributed by atoms with Gasteiger partial charge >= 0.3 is 5.69 Å². The van der Waals surface area contributed by atoms with Gasteiger partial charge in [0.05, 0.1) is 23.4 Å². The summed E-state index contributed by atoms with van der Waals surface area (Å²) < 4.78 is 1.71. The van der Waals surface area contributed by atoms with Gasteiger partial charge in [-0.2, -0.15) is 0 Å². The number of hydrogen-bond donors (Lipinski definition) is 1. The summed E-state index contributed by atoms with van der Waals surface area (Å²) in [5.41, 5.74) is 4.47. The molecule has 0 bridgehead atoms. The van der Waals surface area contributed by atoms with Crippen LogP contribution in [0.3, 0.4) is 0 Å². The molecule has 0 aliphatic carbocycles. The molecule has 0 amide bonds. The molecule has 0 fully saturated rings. The quantitative estimate of drug-likeness (QED) is 0.503. The monoisotopic (exact) mass is 381 g/mol. The fourth-order valence-corrected chi connectivity index (χ4v) is 3.88. The zero-order valence-corrected chi connectivity index (χ0v) is 15.9. The number of nitrogens with one attached hydrogen (secondary N) is 1. The lowest BCUT2D eigenvalue weighted by Gasteiger charge is -2.17. The van der Waals surface area contributed by atoms with E-state index in [1.165, 1.54) is 0 Å². The third-order valence-corrected chi connectivity index (χ3v) is 5.23. The molecule has 0 saturated carbocycles. The van der Waals surface area contributed by atoms with Gasteiger partial charge in [0.2, 0.25) is 0 Å². The Bertz CT molecular complexity index is 1370. The molecule has 0 aliphatic rings. The van der Waals surface area contributed by atoms with Crippen LogP contribution in [0.2, 0.25) is 0 Å². The van der Waals surface area contributed by atoms with Crippen LogP contribution in [0, 0.1) is 0 Å². The van der Waals surface area contributed by atoms with Crippen LogP contribution >= 0.6 is 0 Å². The number of fused-ring (bicyclic) bond motifs is 2. The van der Waals surface area contributed by atoms with Gasteiger partial charge in [-0.3, -0.25) is 14.5 Å². The highest BCUT2D eigenvalue weighted by molar-refractivity contribution is 5.93. The van der Waals surface area contributed by atoms with Crippen LogP contribution in [0.15, 0.2) is 77.9 Å². The number of pyridine rings is 1. The number of rotatable bonds is 4. The molecule has 2 aromatic carbocycles. The zero-order chi connectivity index (χ0) is 19.8. The SMILES string of the molecule is CC[C@H](c1ccccc1)n1c(=O)[nH]c2ncc(-c3cccc4ncccc34)nc21. The van der Waals surface area contributed by atoms with Crippen molar-refractivity contribution >= 4 is 22.2 Å². The summed E-state index contributed by atoms with van der Waals surface area (Å²) in [5, 5.41) is 1.00. The molecule has 6 heteroatoms. The van der Waals surface area contributed by atoms with E-state index in [1.807, 2.05) is 60.7 Å². The van der Waals surface area contributed by atoms with Gasteiger partial charge in [-0.1, -0.05) is 55.5 Å². The highest BCUT2D eigenvalue weighted by Crippen LogP contribution is 2.28. The summed E-state index contributed by atoms with van der Waals surface area (Å²) in [7, 11) is 0. The predicted molar refractivity (Wildman–Crippen MR) is 114 cm³/mol. The van der Waals surface area contributed by atoms with Crippen LogP contribution in [0.4, 0.5) is 0 Å². The Hall–Kier alpha value is -3.80. The van der Waals surface area contributed by atoms with Crippen LogP contribution < -0.4 is 5.69 Å². The standard InChI is InChI=1S/C23H19N5O/c1-2-20(15-8-4-3-5-9-15)28-22-21(27-23(28)29)25-14-19(26-22)17-10-6-12-18-16(17)11-7-13-24-18/h3-14,20H,2H2,1H3,(H,25,27,29)/t20-/m1/s1. The lowest BCUT2D eigenvalue weighted by molar-refractivity contribution is 0.561. The Labute approximate surface area is 166 Å². The van der Waals surface area contributed by atoms with E-state index in [4.69, 9.17) is 4.98 Å². The van der Waals surface area contributed by atoms with Crippen LogP contribution in [-0.2, 0) is 0 Å². The van der Waals surface area contributed by atoms with Crippen molar-refractivity contribution in [1.29, 1.82) is 0 Å². The minimum absolute atomic E-state index is 0.115. The third-order valence-electron chi connectivity index (χ3n) is 5.23. The maximum absolute atomic E-state index is 12.8. The Balaban J connectivity index is 1.73. The molecule has 3 heterocycles. The van der Waals surface area contributed by atoms with Gasteiger partial charge in [-0.15, -0.1) is 0 Å². The second kappa shape index (κ2) is 6.98. The van der Waals surface area contributed by atoms with E-state index in [9.17, 15) is 4.79 Å². The van der Waals surface area contributed by atoms with Gasteiger partial charge in [0.1, 0.15) is 0 Å². The molecule has 6 nitrogen and oxygen atoms in total. The zero-order valence-electron chi connectivity index (χ0n) is 15.9. The Morgan fingerprint density at radius 3 is 2.69 bits per heavy atom. The molecule has 0 radical (unpaired) electrons. The fourth-order valence-electron chi connectivity index (χ4n) is 3.88. The first-order valence-corrected chi connectivity index (χ1v) is 9.62. The first-order valence-electron chi connectivity index (χ1n) is 9.62. The van der Waals surface area contributed by atoms with Crippen LogP contribution in [0.5, 0.6) is 0 Å². The molecular formula is C23H19N5O. The molecule has 0 aliphatic heterocycles. The molecule has 29 heavy (non-hydrogen) atoms. The summed E-state index contributed by atoms with van der Waals surface area (Å²) in [5.74, 6) is 0. The van der Waals surface area contributed by atoms with Gasteiger partial charge in [-0.25, -0.2) is 14.8 Å². The van der Waals surface area contributed by atoms with E-state index in [-0.39, 0.29) is 11.7 Å². The Morgan fingerprint density at radius 2 is 1.86 bits per heavy atom. The molecule has 5 rings (SSSR count). The molecular weight excluding hydrogens is 362 g/mol. The molecule has 1 atom stereocenters. The van der Waals surface area contributed by atoms with Crippen molar-refractivity contribution in [2.24, 2.45) is 0 Å². The van der Waals surface area contributed by atoms with Crippen molar-refractivity contribution in [2.45, 2.75) is 19.4 Å². The molecule has 142 valence electrons. The number of imidazole rings is 1.